The molecule has 0 amide bonds. The predicted octanol–water partition coefficient (Wildman–Crippen LogP) is 1.19. The van der Waals surface area contributed by atoms with Gasteiger partial charge in [-0.3, -0.25) is 0 Å². The molecule has 2 unspecified atom stereocenters. The highest BCUT2D eigenvalue weighted by atomic mass is 15.1. The smallest absolute Gasteiger partial charge is 0.0542 e. The van der Waals surface area contributed by atoms with Crippen molar-refractivity contribution in [1.29, 1.82) is 0 Å². The van der Waals surface area contributed by atoms with Gasteiger partial charge in [0.2, 0.25) is 0 Å². The van der Waals surface area contributed by atoms with Crippen molar-refractivity contribution < 1.29 is 0 Å². The largest absolute Gasteiger partial charge is 0.302 e. The van der Waals surface area contributed by atoms with E-state index in [2.05, 4.69) is 31.4 Å². The molecule has 2 heteroatoms. The molecule has 2 N–H and O–H groups in total. The molecule has 0 bridgehead atoms. The highest BCUT2D eigenvalue weighted by Crippen LogP contribution is 2.11. The molecule has 0 spiro atoms. The Morgan fingerprint density at radius 2 is 1.36 bits per heavy atom. The molecule has 1 saturated heterocycles. The molecule has 2 nitrogen and oxygen atoms in total. The van der Waals surface area contributed by atoms with Gasteiger partial charge in [-0.2, -0.15) is 0 Å². The maximum Gasteiger partial charge on any atom is 0.0542 e. The van der Waals surface area contributed by atoms with Gasteiger partial charge in [0.1, 0.15) is 0 Å². The molecular weight excluding hydrogens is 136 g/mol. The fourth-order valence-corrected chi connectivity index (χ4v) is 1.68. The zero-order valence-corrected chi connectivity index (χ0v) is 7.85. The lowest BCUT2D eigenvalue weighted by Crippen LogP contribution is -2.45. The van der Waals surface area contributed by atoms with Crippen LogP contribution >= 0.6 is 0 Å². The zero-order chi connectivity index (χ0) is 8.27. The van der Waals surface area contributed by atoms with Crippen LogP contribution in [-0.2, 0) is 0 Å². The number of rotatable bonds is 0. The highest BCUT2D eigenvalue weighted by Gasteiger charge is 2.13. The molecule has 0 aliphatic carbocycles. The van der Waals surface area contributed by atoms with Crippen LogP contribution < -0.4 is 10.6 Å². The van der Waals surface area contributed by atoms with E-state index >= 15 is 0 Å². The summed E-state index contributed by atoms with van der Waals surface area (Å²) in [7, 11) is 0. The lowest BCUT2D eigenvalue weighted by atomic mass is 9.96. The minimum absolute atomic E-state index is 0.486. The third-order valence-corrected chi connectivity index (χ3v) is 2.35. The zero-order valence-electron chi connectivity index (χ0n) is 7.85. The van der Waals surface area contributed by atoms with Gasteiger partial charge >= 0.3 is 0 Å². The van der Waals surface area contributed by atoms with Crippen molar-refractivity contribution in [3.05, 3.63) is 0 Å². The third-order valence-electron chi connectivity index (χ3n) is 2.35. The van der Waals surface area contributed by atoms with E-state index in [9.17, 15) is 0 Å². The second-order valence-electron chi connectivity index (χ2n) is 3.98. The first-order chi connectivity index (χ1) is 5.18. The minimum atomic E-state index is 0.486. The van der Waals surface area contributed by atoms with Gasteiger partial charge in [-0.25, -0.2) is 0 Å². The molecular formula is C9H20N2. The molecule has 1 rings (SSSR count). The number of hydrogen-bond donors (Lipinski definition) is 2. The normalized spacial score (nSPS) is 41.2. The van der Waals surface area contributed by atoms with Gasteiger partial charge in [0.25, 0.3) is 0 Å². The fourth-order valence-electron chi connectivity index (χ4n) is 1.68. The topological polar surface area (TPSA) is 24.1 Å². The van der Waals surface area contributed by atoms with Crippen LogP contribution in [0, 0.1) is 11.8 Å². The average Bonchev–Trinajstić information content (AvgIpc) is 1.95. The van der Waals surface area contributed by atoms with Crippen molar-refractivity contribution in [3.8, 4) is 0 Å². The van der Waals surface area contributed by atoms with Crippen molar-refractivity contribution in [3.63, 3.8) is 0 Å². The molecule has 1 fully saturated rings. The van der Waals surface area contributed by atoms with Gasteiger partial charge < -0.3 is 10.6 Å². The van der Waals surface area contributed by atoms with E-state index < -0.39 is 0 Å². The van der Waals surface area contributed by atoms with Crippen LogP contribution in [0.3, 0.4) is 0 Å². The van der Waals surface area contributed by atoms with E-state index in [1.54, 1.807) is 0 Å². The molecule has 0 radical (unpaired) electrons. The Bertz CT molecular complexity index is 102. The Balaban J connectivity index is 2.34. The molecule has 0 aromatic rings. The molecule has 66 valence electrons. The van der Waals surface area contributed by atoms with Gasteiger partial charge in [0.05, 0.1) is 6.17 Å². The van der Waals surface area contributed by atoms with E-state index in [1.165, 1.54) is 6.42 Å². The van der Waals surface area contributed by atoms with E-state index in [0.29, 0.717) is 6.17 Å². The monoisotopic (exact) mass is 156 g/mol. The van der Waals surface area contributed by atoms with Crippen LogP contribution in [0.2, 0.25) is 0 Å². The summed E-state index contributed by atoms with van der Waals surface area (Å²) >= 11 is 0. The van der Waals surface area contributed by atoms with Gasteiger partial charge in [-0.05, 0) is 38.3 Å². The van der Waals surface area contributed by atoms with Crippen molar-refractivity contribution >= 4 is 0 Å². The Hall–Kier alpha value is -0.0800. The van der Waals surface area contributed by atoms with Crippen molar-refractivity contribution in [2.75, 3.05) is 13.1 Å². The third kappa shape index (κ3) is 3.21. The average molecular weight is 156 g/mol. The molecule has 11 heavy (non-hydrogen) atoms. The fraction of sp³-hybridized carbons (Fsp3) is 1.00. The minimum Gasteiger partial charge on any atom is -0.302 e. The Morgan fingerprint density at radius 1 is 0.909 bits per heavy atom. The van der Waals surface area contributed by atoms with Crippen LogP contribution in [0.25, 0.3) is 0 Å². The Morgan fingerprint density at radius 3 is 1.82 bits per heavy atom. The van der Waals surface area contributed by atoms with Crippen LogP contribution in [0.15, 0.2) is 0 Å². The van der Waals surface area contributed by atoms with Gasteiger partial charge in [0.15, 0.2) is 0 Å². The molecule has 1 aliphatic heterocycles. The molecule has 2 atom stereocenters. The second kappa shape index (κ2) is 4.07. The summed E-state index contributed by atoms with van der Waals surface area (Å²) in [6.45, 7) is 9.13. The molecule has 1 aliphatic rings. The summed E-state index contributed by atoms with van der Waals surface area (Å²) < 4.78 is 0. The maximum absolute atomic E-state index is 3.44. The standard InChI is InChI=1S/C9H20N2/c1-7-4-8(2)6-11-9(3)10-5-7/h7-11H,4-6H2,1-3H3. The first-order valence-corrected chi connectivity index (χ1v) is 4.65. The summed E-state index contributed by atoms with van der Waals surface area (Å²) in [4.78, 5) is 0. The summed E-state index contributed by atoms with van der Waals surface area (Å²) in [6, 6.07) is 0. The van der Waals surface area contributed by atoms with Crippen molar-refractivity contribution in [2.24, 2.45) is 11.8 Å². The van der Waals surface area contributed by atoms with Crippen molar-refractivity contribution in [2.45, 2.75) is 33.4 Å². The van der Waals surface area contributed by atoms with Crippen LogP contribution in [0.1, 0.15) is 27.2 Å². The maximum atomic E-state index is 3.44. The lowest BCUT2D eigenvalue weighted by molar-refractivity contribution is 0.300. The van der Waals surface area contributed by atoms with Gasteiger partial charge in [-0.15, -0.1) is 0 Å². The van der Waals surface area contributed by atoms with Crippen LogP contribution in [-0.4, -0.2) is 19.3 Å². The summed E-state index contributed by atoms with van der Waals surface area (Å²) in [5.74, 6) is 1.66. The van der Waals surface area contributed by atoms with E-state index in [0.717, 1.165) is 24.9 Å². The predicted molar refractivity (Wildman–Crippen MR) is 48.4 cm³/mol. The lowest BCUT2D eigenvalue weighted by Gasteiger charge is -2.26. The molecule has 0 aromatic heterocycles. The van der Waals surface area contributed by atoms with Crippen molar-refractivity contribution in [1.82, 2.24) is 10.6 Å². The van der Waals surface area contributed by atoms with Crippen LogP contribution in [0.4, 0.5) is 0 Å². The Labute approximate surface area is 69.8 Å². The number of hydrogen-bond acceptors (Lipinski definition) is 2. The van der Waals surface area contributed by atoms with Crippen LogP contribution in [0.5, 0.6) is 0 Å². The first kappa shape index (κ1) is 9.01. The Kier molecular flexibility index (Phi) is 3.34. The summed E-state index contributed by atoms with van der Waals surface area (Å²) in [5.41, 5.74) is 0. The summed E-state index contributed by atoms with van der Waals surface area (Å²) in [5, 5.41) is 6.89. The molecule has 0 saturated carbocycles. The SMILES string of the molecule is CC1CNC(C)NCC(C)C1. The van der Waals surface area contributed by atoms with E-state index in [1.807, 2.05) is 0 Å². The first-order valence-electron chi connectivity index (χ1n) is 4.65. The molecule has 1 heterocycles. The van der Waals surface area contributed by atoms with Gasteiger partial charge in [-0.1, -0.05) is 13.8 Å². The highest BCUT2D eigenvalue weighted by molar-refractivity contribution is 4.71. The van der Waals surface area contributed by atoms with E-state index in [-0.39, 0.29) is 0 Å². The van der Waals surface area contributed by atoms with E-state index in [4.69, 9.17) is 0 Å². The molecule has 0 aromatic carbocycles. The summed E-state index contributed by atoms with van der Waals surface area (Å²) in [6.07, 6.45) is 1.83. The number of nitrogens with one attached hydrogen (secondary N) is 2. The quantitative estimate of drug-likeness (QED) is 0.550. The second-order valence-corrected chi connectivity index (χ2v) is 3.98. The van der Waals surface area contributed by atoms with Gasteiger partial charge in [0, 0.05) is 0 Å².